The van der Waals surface area contributed by atoms with E-state index >= 15 is 0 Å². The summed E-state index contributed by atoms with van der Waals surface area (Å²) in [6.45, 7) is 2.94. The highest BCUT2D eigenvalue weighted by atomic mass is 32.1. The quantitative estimate of drug-likeness (QED) is 0.783. The lowest BCUT2D eigenvalue weighted by Crippen LogP contribution is -2.14. The number of nitrogens with zero attached hydrogens (tertiary/aromatic N) is 1. The monoisotopic (exact) mass is 284 g/mol. The Morgan fingerprint density at radius 3 is 3.05 bits per heavy atom. The van der Waals surface area contributed by atoms with Gasteiger partial charge in [-0.15, -0.1) is 11.3 Å². The molecule has 1 fully saturated rings. The molecule has 3 nitrogen and oxygen atoms in total. The van der Waals surface area contributed by atoms with Crippen LogP contribution >= 0.6 is 11.3 Å². The molecule has 0 amide bonds. The molecule has 4 rings (SSSR count). The summed E-state index contributed by atoms with van der Waals surface area (Å²) in [5, 5.41) is 5.74. The second kappa shape index (κ2) is 4.72. The van der Waals surface area contributed by atoms with Gasteiger partial charge in [0.25, 0.3) is 0 Å². The van der Waals surface area contributed by atoms with Gasteiger partial charge >= 0.3 is 0 Å². The lowest BCUT2D eigenvalue weighted by atomic mass is 10.1. The van der Waals surface area contributed by atoms with E-state index in [1.807, 2.05) is 31.3 Å². The van der Waals surface area contributed by atoms with Crippen LogP contribution in [0.25, 0.3) is 21.5 Å². The van der Waals surface area contributed by atoms with Crippen molar-refractivity contribution in [1.29, 1.82) is 0 Å². The minimum atomic E-state index is 0.733. The summed E-state index contributed by atoms with van der Waals surface area (Å²) in [5.74, 6) is 0.947. The number of hydrogen-bond donors (Lipinski definition) is 1. The Bertz CT molecular complexity index is 755. The molecule has 2 aromatic heterocycles. The van der Waals surface area contributed by atoms with Gasteiger partial charge in [-0.3, -0.25) is 0 Å². The second-order valence-corrected chi connectivity index (χ2v) is 6.43. The highest BCUT2D eigenvalue weighted by Gasteiger charge is 2.21. The van der Waals surface area contributed by atoms with E-state index in [1.165, 1.54) is 17.7 Å². The molecule has 20 heavy (non-hydrogen) atoms. The molecule has 0 spiro atoms. The number of furan rings is 1. The first-order valence-corrected chi connectivity index (χ1v) is 7.79. The van der Waals surface area contributed by atoms with E-state index < -0.39 is 0 Å². The van der Waals surface area contributed by atoms with Gasteiger partial charge in [0.05, 0.1) is 5.56 Å². The lowest BCUT2D eigenvalue weighted by Gasteiger charge is -1.97. The van der Waals surface area contributed by atoms with Gasteiger partial charge in [-0.05, 0) is 25.8 Å². The SMILES string of the molecule is Cc1oc2ccccc2c1-c1ncc(CNC2CC2)s1. The Morgan fingerprint density at radius 2 is 2.20 bits per heavy atom. The fourth-order valence-corrected chi connectivity index (χ4v) is 3.44. The molecule has 0 aliphatic heterocycles. The third-order valence-electron chi connectivity index (χ3n) is 3.68. The Hall–Kier alpha value is -1.65. The maximum absolute atomic E-state index is 5.82. The maximum Gasteiger partial charge on any atom is 0.135 e. The largest absolute Gasteiger partial charge is 0.461 e. The fraction of sp³-hybridized carbons (Fsp3) is 0.312. The molecule has 0 radical (unpaired) electrons. The van der Waals surface area contributed by atoms with Gasteiger partial charge < -0.3 is 9.73 Å². The Morgan fingerprint density at radius 1 is 1.35 bits per heavy atom. The van der Waals surface area contributed by atoms with Gasteiger partial charge in [0.1, 0.15) is 16.4 Å². The van der Waals surface area contributed by atoms with Crippen molar-refractivity contribution in [2.75, 3.05) is 0 Å². The van der Waals surface area contributed by atoms with Crippen LogP contribution in [0.2, 0.25) is 0 Å². The molecule has 0 atom stereocenters. The van der Waals surface area contributed by atoms with E-state index in [2.05, 4.69) is 16.4 Å². The Labute approximate surface area is 121 Å². The van der Waals surface area contributed by atoms with Crippen molar-refractivity contribution in [2.24, 2.45) is 0 Å². The summed E-state index contributed by atoms with van der Waals surface area (Å²) in [7, 11) is 0. The van der Waals surface area contributed by atoms with E-state index in [4.69, 9.17) is 4.42 Å². The summed E-state index contributed by atoms with van der Waals surface area (Å²) < 4.78 is 5.82. The predicted octanol–water partition coefficient (Wildman–Crippen LogP) is 4.12. The smallest absolute Gasteiger partial charge is 0.135 e. The molecule has 1 aliphatic carbocycles. The molecule has 102 valence electrons. The first-order valence-electron chi connectivity index (χ1n) is 6.98. The van der Waals surface area contributed by atoms with Crippen LogP contribution < -0.4 is 5.32 Å². The molecule has 1 saturated carbocycles. The molecule has 0 bridgehead atoms. The number of rotatable bonds is 4. The lowest BCUT2D eigenvalue weighted by molar-refractivity contribution is 0.580. The van der Waals surface area contributed by atoms with Crippen LogP contribution in [0.3, 0.4) is 0 Å². The number of hydrogen-bond acceptors (Lipinski definition) is 4. The van der Waals surface area contributed by atoms with Gasteiger partial charge in [0, 0.05) is 29.0 Å². The predicted molar refractivity (Wildman–Crippen MR) is 81.9 cm³/mol. The van der Waals surface area contributed by atoms with Crippen molar-refractivity contribution in [3.8, 4) is 10.6 Å². The zero-order chi connectivity index (χ0) is 13.5. The number of thiazole rings is 1. The summed E-state index contributed by atoms with van der Waals surface area (Å²) in [6.07, 6.45) is 4.62. The number of para-hydroxylation sites is 1. The summed E-state index contributed by atoms with van der Waals surface area (Å²) >= 11 is 1.76. The minimum absolute atomic E-state index is 0.733. The second-order valence-electron chi connectivity index (χ2n) is 5.32. The van der Waals surface area contributed by atoms with Crippen LogP contribution in [-0.2, 0) is 6.54 Å². The van der Waals surface area contributed by atoms with E-state index in [9.17, 15) is 0 Å². The standard InChI is InChI=1S/C16H16N2OS/c1-10-15(13-4-2-3-5-14(13)19-10)16-18-9-12(20-16)8-17-11-6-7-11/h2-5,9,11,17H,6-8H2,1H3. The molecule has 0 unspecified atom stereocenters. The third kappa shape index (κ3) is 2.15. The number of aromatic nitrogens is 1. The minimum Gasteiger partial charge on any atom is -0.461 e. The van der Waals surface area contributed by atoms with Gasteiger partial charge in [-0.1, -0.05) is 18.2 Å². The topological polar surface area (TPSA) is 38.1 Å². The van der Waals surface area contributed by atoms with Crippen molar-refractivity contribution in [2.45, 2.75) is 32.4 Å². The fourth-order valence-electron chi connectivity index (χ4n) is 2.47. The molecule has 4 heteroatoms. The van der Waals surface area contributed by atoms with Crippen LogP contribution in [0.4, 0.5) is 0 Å². The van der Waals surface area contributed by atoms with Crippen molar-refractivity contribution in [3.63, 3.8) is 0 Å². The van der Waals surface area contributed by atoms with E-state index in [-0.39, 0.29) is 0 Å². The average molecular weight is 284 g/mol. The van der Waals surface area contributed by atoms with Crippen LogP contribution in [0.5, 0.6) is 0 Å². The molecule has 1 aliphatic rings. The Balaban J connectivity index is 1.69. The summed E-state index contributed by atoms with van der Waals surface area (Å²) in [5.41, 5.74) is 2.08. The number of aryl methyl sites for hydroxylation is 1. The van der Waals surface area contributed by atoms with E-state index in [0.29, 0.717) is 0 Å². The molecule has 1 N–H and O–H groups in total. The van der Waals surface area contributed by atoms with Gasteiger partial charge in [0.15, 0.2) is 0 Å². The number of fused-ring (bicyclic) bond motifs is 1. The van der Waals surface area contributed by atoms with Crippen molar-refractivity contribution in [1.82, 2.24) is 10.3 Å². The molecular formula is C16H16N2OS. The zero-order valence-electron chi connectivity index (χ0n) is 11.3. The highest BCUT2D eigenvalue weighted by molar-refractivity contribution is 7.15. The summed E-state index contributed by atoms with van der Waals surface area (Å²) in [4.78, 5) is 5.87. The van der Waals surface area contributed by atoms with Crippen molar-refractivity contribution < 1.29 is 4.42 Å². The molecule has 1 aromatic carbocycles. The van der Waals surface area contributed by atoms with E-state index in [1.54, 1.807) is 11.3 Å². The van der Waals surface area contributed by atoms with Gasteiger partial charge in [0.2, 0.25) is 0 Å². The van der Waals surface area contributed by atoms with Crippen LogP contribution in [0, 0.1) is 6.92 Å². The molecule has 0 saturated heterocycles. The van der Waals surface area contributed by atoms with Crippen LogP contribution in [0.1, 0.15) is 23.5 Å². The average Bonchev–Trinajstić information content (AvgIpc) is 3.06. The first kappa shape index (κ1) is 12.1. The number of nitrogens with one attached hydrogen (secondary N) is 1. The normalized spacial score (nSPS) is 15.1. The van der Waals surface area contributed by atoms with Crippen molar-refractivity contribution in [3.05, 3.63) is 41.1 Å². The van der Waals surface area contributed by atoms with Crippen LogP contribution in [-0.4, -0.2) is 11.0 Å². The highest BCUT2D eigenvalue weighted by Crippen LogP contribution is 2.36. The third-order valence-corrected chi connectivity index (χ3v) is 4.70. The molecular weight excluding hydrogens is 268 g/mol. The van der Waals surface area contributed by atoms with Crippen molar-refractivity contribution >= 4 is 22.3 Å². The van der Waals surface area contributed by atoms with Gasteiger partial charge in [-0.25, -0.2) is 4.98 Å². The first-order chi connectivity index (χ1) is 9.81. The maximum atomic E-state index is 5.82. The Kier molecular flexibility index (Phi) is 2.86. The van der Waals surface area contributed by atoms with E-state index in [0.717, 1.165) is 39.9 Å². The molecule has 2 heterocycles. The summed E-state index contributed by atoms with van der Waals surface area (Å²) in [6, 6.07) is 8.89. The zero-order valence-corrected chi connectivity index (χ0v) is 12.2. The van der Waals surface area contributed by atoms with Crippen LogP contribution in [0.15, 0.2) is 34.9 Å². The molecule has 3 aromatic rings. The number of benzene rings is 1. The van der Waals surface area contributed by atoms with Gasteiger partial charge in [-0.2, -0.15) is 0 Å².